The van der Waals surface area contributed by atoms with E-state index in [-0.39, 0.29) is 0 Å². The molecule has 0 N–H and O–H groups in total. The lowest BCUT2D eigenvalue weighted by atomic mass is 9.79. The predicted octanol–water partition coefficient (Wildman–Crippen LogP) is 15.1. The first-order valence-corrected chi connectivity index (χ1v) is 18.4. The summed E-state index contributed by atoms with van der Waals surface area (Å²) < 4.78 is 0. The summed E-state index contributed by atoms with van der Waals surface area (Å²) in [5.41, 5.74) is 16.0. The second-order valence-corrected chi connectivity index (χ2v) is 13.8. The topological polar surface area (TPSA) is 0 Å². The van der Waals surface area contributed by atoms with Gasteiger partial charge >= 0.3 is 0 Å². The molecule has 0 radical (unpaired) electrons. The van der Waals surface area contributed by atoms with Crippen LogP contribution < -0.4 is 0 Å². The first-order valence-electron chi connectivity index (χ1n) is 18.4. The molecular formula is C46H70. The first kappa shape index (κ1) is 41.2. The van der Waals surface area contributed by atoms with E-state index in [2.05, 4.69) is 138 Å². The lowest BCUT2D eigenvalue weighted by Crippen LogP contribution is -2.13. The third kappa shape index (κ3) is 12.7. The molecule has 1 aliphatic rings. The van der Waals surface area contributed by atoms with Gasteiger partial charge in [0.15, 0.2) is 0 Å². The van der Waals surface area contributed by atoms with E-state index in [4.69, 9.17) is 0 Å². The minimum atomic E-state index is 0.698. The average molecular weight is 623 g/mol. The Bertz CT molecular complexity index is 1330. The van der Waals surface area contributed by atoms with Gasteiger partial charge in [0.25, 0.3) is 0 Å². The number of aryl methyl sites for hydroxylation is 2. The van der Waals surface area contributed by atoms with Gasteiger partial charge in [-0.2, -0.15) is 0 Å². The van der Waals surface area contributed by atoms with Crippen molar-refractivity contribution in [1.29, 1.82) is 0 Å². The Balaban J connectivity index is 0.000000498. The third-order valence-corrected chi connectivity index (χ3v) is 10.4. The molecule has 0 aromatic heterocycles. The number of allylic oxidation sites excluding steroid dienone is 8. The third-order valence-electron chi connectivity index (χ3n) is 10.4. The highest BCUT2D eigenvalue weighted by Crippen LogP contribution is 2.33. The predicted molar refractivity (Wildman–Crippen MR) is 212 cm³/mol. The highest BCUT2D eigenvalue weighted by Gasteiger charge is 2.19. The van der Waals surface area contributed by atoms with Gasteiger partial charge in [0, 0.05) is 0 Å². The van der Waals surface area contributed by atoms with Crippen molar-refractivity contribution in [3.8, 4) is 0 Å². The molecular weight excluding hydrogens is 553 g/mol. The Labute approximate surface area is 286 Å². The Kier molecular flexibility index (Phi) is 18.9. The maximum absolute atomic E-state index is 4.14. The van der Waals surface area contributed by atoms with Crippen molar-refractivity contribution in [1.82, 2.24) is 0 Å². The number of hydrogen-bond donors (Lipinski definition) is 0. The molecule has 0 amide bonds. The van der Waals surface area contributed by atoms with Gasteiger partial charge in [0.2, 0.25) is 0 Å². The van der Waals surface area contributed by atoms with Gasteiger partial charge in [-0.05, 0) is 148 Å². The fraction of sp³-hybridized carbons (Fsp3) is 0.522. The molecule has 0 nitrogen and oxygen atoms in total. The Hall–Kier alpha value is -2.86. The number of hydrogen-bond acceptors (Lipinski definition) is 0. The maximum Gasteiger partial charge on any atom is -0.0163 e. The van der Waals surface area contributed by atoms with E-state index in [1.807, 2.05) is 13.8 Å². The van der Waals surface area contributed by atoms with E-state index < -0.39 is 0 Å². The zero-order chi connectivity index (χ0) is 35.0. The molecule has 0 heteroatoms. The van der Waals surface area contributed by atoms with Crippen LogP contribution in [0, 0.1) is 38.5 Å². The van der Waals surface area contributed by atoms with Crippen LogP contribution in [0.5, 0.6) is 0 Å². The molecule has 3 rings (SSSR count). The lowest BCUT2D eigenvalue weighted by Gasteiger charge is -2.27. The van der Waals surface area contributed by atoms with Crippen LogP contribution in [0.25, 0.3) is 16.7 Å². The van der Waals surface area contributed by atoms with E-state index in [9.17, 15) is 0 Å². The van der Waals surface area contributed by atoms with E-state index in [1.165, 1.54) is 94.2 Å². The van der Waals surface area contributed by atoms with Crippen LogP contribution in [-0.4, -0.2) is 0 Å². The van der Waals surface area contributed by atoms with Gasteiger partial charge in [-0.15, -0.1) is 0 Å². The number of rotatable bonds is 11. The smallest absolute Gasteiger partial charge is 0.0163 e. The van der Waals surface area contributed by atoms with Crippen molar-refractivity contribution in [3.63, 3.8) is 0 Å². The summed E-state index contributed by atoms with van der Waals surface area (Å²) in [6.07, 6.45) is 15.4. The fourth-order valence-corrected chi connectivity index (χ4v) is 6.46. The largest absolute Gasteiger partial charge is 0.0958 e. The summed E-state index contributed by atoms with van der Waals surface area (Å²) in [5.74, 6) is 2.64. The molecule has 2 aromatic rings. The van der Waals surface area contributed by atoms with Gasteiger partial charge in [-0.3, -0.25) is 0 Å². The minimum Gasteiger partial charge on any atom is -0.0958 e. The van der Waals surface area contributed by atoms with E-state index in [0.29, 0.717) is 5.92 Å². The molecule has 1 saturated carbocycles. The monoisotopic (exact) mass is 623 g/mol. The van der Waals surface area contributed by atoms with Gasteiger partial charge < -0.3 is 0 Å². The van der Waals surface area contributed by atoms with Crippen LogP contribution in [0.1, 0.15) is 154 Å². The van der Waals surface area contributed by atoms with Crippen LogP contribution in [0.3, 0.4) is 0 Å². The fourth-order valence-electron chi connectivity index (χ4n) is 6.46. The Morgan fingerprint density at radius 1 is 0.783 bits per heavy atom. The van der Waals surface area contributed by atoms with Gasteiger partial charge in [0.05, 0.1) is 0 Å². The Morgan fingerprint density at radius 2 is 1.33 bits per heavy atom. The average Bonchev–Trinajstić information content (AvgIpc) is 3.06. The zero-order valence-corrected chi connectivity index (χ0v) is 32.4. The summed E-state index contributed by atoms with van der Waals surface area (Å²) in [6, 6.07) is 13.3. The minimum absolute atomic E-state index is 0.698. The second-order valence-electron chi connectivity index (χ2n) is 13.8. The van der Waals surface area contributed by atoms with Gasteiger partial charge in [-0.25, -0.2) is 0 Å². The summed E-state index contributed by atoms with van der Waals surface area (Å²) in [6.45, 7) is 36.7. The molecule has 2 aromatic carbocycles. The van der Waals surface area contributed by atoms with Crippen molar-refractivity contribution in [2.24, 2.45) is 17.8 Å². The van der Waals surface area contributed by atoms with Crippen molar-refractivity contribution in [3.05, 3.63) is 112 Å². The van der Waals surface area contributed by atoms with E-state index >= 15 is 0 Å². The second kappa shape index (κ2) is 21.1. The molecule has 0 heterocycles. The van der Waals surface area contributed by atoms with Crippen LogP contribution >= 0.6 is 0 Å². The summed E-state index contributed by atoms with van der Waals surface area (Å²) in [7, 11) is 0. The molecule has 0 bridgehead atoms. The Morgan fingerprint density at radius 3 is 1.85 bits per heavy atom. The SMILES string of the molecule is C=C(C)/C(C)=C(\C)c1c(C)ccc(C)c1C.C=C(CC)c1ccc(/C(C)=C/C=C(/CC)C(C)CCC2CCC(C)CC2)cc1.CC. The van der Waals surface area contributed by atoms with Crippen molar-refractivity contribution < 1.29 is 0 Å². The standard InChI is InChI=1S/C28H42.C16H22.C2H6/c1-7-22(4)27-17-19-28(20-18-27)24(6)12-16-26(8-2)23(5)11-15-25-13-9-21(3)10-14-25;1-10(2)13(5)15(7)16-12(4)9-8-11(3)14(16)6;1-2/h12,16-21,23,25H,4,7-11,13-15H2,1-3,5-6H3;8-9H,1H2,2-7H3;1-2H3/b24-12+,26-16-;15-13+;. The molecule has 46 heavy (non-hydrogen) atoms. The zero-order valence-electron chi connectivity index (χ0n) is 32.4. The van der Waals surface area contributed by atoms with Crippen LogP contribution in [0.15, 0.2) is 78.4 Å². The molecule has 254 valence electrons. The van der Waals surface area contributed by atoms with Gasteiger partial charge in [-0.1, -0.05) is 140 Å². The highest BCUT2D eigenvalue weighted by atomic mass is 14.2. The maximum atomic E-state index is 4.14. The van der Waals surface area contributed by atoms with Crippen molar-refractivity contribution in [2.75, 3.05) is 0 Å². The van der Waals surface area contributed by atoms with Crippen molar-refractivity contribution >= 4 is 16.7 Å². The molecule has 0 saturated heterocycles. The summed E-state index contributed by atoms with van der Waals surface area (Å²) in [5, 5.41) is 0. The van der Waals surface area contributed by atoms with Crippen LogP contribution in [0.4, 0.5) is 0 Å². The van der Waals surface area contributed by atoms with E-state index in [0.717, 1.165) is 30.3 Å². The molecule has 0 aliphatic heterocycles. The molecule has 0 spiro atoms. The molecule has 1 fully saturated rings. The summed E-state index contributed by atoms with van der Waals surface area (Å²) >= 11 is 0. The quantitative estimate of drug-likeness (QED) is 0.219. The molecule has 1 atom stereocenters. The lowest BCUT2D eigenvalue weighted by molar-refractivity contribution is 0.266. The first-order chi connectivity index (χ1) is 21.8. The van der Waals surface area contributed by atoms with Crippen LogP contribution in [0.2, 0.25) is 0 Å². The van der Waals surface area contributed by atoms with E-state index in [1.54, 1.807) is 5.57 Å². The summed E-state index contributed by atoms with van der Waals surface area (Å²) in [4.78, 5) is 0. The van der Waals surface area contributed by atoms with Crippen LogP contribution in [-0.2, 0) is 0 Å². The van der Waals surface area contributed by atoms with Crippen molar-refractivity contribution in [2.45, 2.75) is 141 Å². The molecule has 1 aliphatic carbocycles. The number of benzene rings is 2. The molecule has 1 unspecified atom stereocenters. The normalized spacial score (nSPS) is 17.9. The highest BCUT2D eigenvalue weighted by molar-refractivity contribution is 5.75. The van der Waals surface area contributed by atoms with Gasteiger partial charge in [0.1, 0.15) is 0 Å².